The Labute approximate surface area is 142 Å². The first kappa shape index (κ1) is 17.1. The highest BCUT2D eigenvalue weighted by Crippen LogP contribution is 2.23. The van der Waals surface area contributed by atoms with E-state index in [2.05, 4.69) is 5.32 Å². The Morgan fingerprint density at radius 3 is 2.87 bits per heavy atom. The third-order valence-electron chi connectivity index (χ3n) is 2.78. The van der Waals surface area contributed by atoms with Gasteiger partial charge in [0, 0.05) is 4.90 Å². The van der Waals surface area contributed by atoms with Crippen molar-refractivity contribution >= 4 is 40.0 Å². The van der Waals surface area contributed by atoms with Crippen molar-refractivity contribution in [2.24, 2.45) is 0 Å². The highest BCUT2D eigenvalue weighted by atomic mass is 32.2. The van der Waals surface area contributed by atoms with Crippen molar-refractivity contribution in [3.05, 3.63) is 46.8 Å². The highest BCUT2D eigenvalue weighted by Gasteiger charge is 2.15. The van der Waals surface area contributed by atoms with Crippen LogP contribution in [0.3, 0.4) is 0 Å². The third-order valence-corrected chi connectivity index (χ3v) is 4.57. The number of benzene rings is 1. The maximum absolute atomic E-state index is 12.1. The molecule has 1 amide bonds. The van der Waals surface area contributed by atoms with Gasteiger partial charge in [-0.1, -0.05) is 19.1 Å². The molecule has 5 nitrogen and oxygen atoms in total. The van der Waals surface area contributed by atoms with Gasteiger partial charge in [0.15, 0.2) is 6.61 Å². The van der Waals surface area contributed by atoms with E-state index >= 15 is 0 Å². The molecule has 118 valence electrons. The second-order valence-electron chi connectivity index (χ2n) is 4.33. The molecule has 0 saturated carbocycles. The number of hydrogen-bond donors (Lipinski definition) is 1. The molecule has 0 bridgehead atoms. The van der Waals surface area contributed by atoms with Crippen LogP contribution in [-0.2, 0) is 9.53 Å². The normalized spacial score (nSPS) is 9.91. The molecule has 2 aromatic rings. The second kappa shape index (κ2) is 8.36. The number of anilines is 1. The maximum Gasteiger partial charge on any atom is 0.339 e. The zero-order chi connectivity index (χ0) is 16.7. The first-order valence-corrected chi connectivity index (χ1v) is 8.68. The van der Waals surface area contributed by atoms with Crippen LogP contribution in [0.15, 0.2) is 40.6 Å². The predicted octanol–water partition coefficient (Wildman–Crippen LogP) is 3.53. The molecule has 0 saturated heterocycles. The zero-order valence-electron chi connectivity index (χ0n) is 12.4. The average Bonchev–Trinajstić information content (AvgIpc) is 3.00. The molecule has 0 aliphatic rings. The van der Waals surface area contributed by atoms with Gasteiger partial charge in [-0.3, -0.25) is 4.79 Å². The fourth-order valence-electron chi connectivity index (χ4n) is 1.78. The largest absolute Gasteiger partial charge is 0.452 e. The second-order valence-corrected chi connectivity index (χ2v) is 6.55. The van der Waals surface area contributed by atoms with Crippen LogP contribution in [0.5, 0.6) is 0 Å². The van der Waals surface area contributed by atoms with Crippen LogP contribution in [0.25, 0.3) is 0 Å². The van der Waals surface area contributed by atoms with Gasteiger partial charge in [-0.15, -0.1) is 23.1 Å². The summed E-state index contributed by atoms with van der Waals surface area (Å²) in [6, 6.07) is 10.7. The number of nitrogens with one attached hydrogen (secondary N) is 1. The Morgan fingerprint density at radius 2 is 2.13 bits per heavy atom. The molecule has 1 aromatic carbocycles. The maximum atomic E-state index is 12.1. The molecular formula is C16H14N2O3S2. The van der Waals surface area contributed by atoms with Gasteiger partial charge >= 0.3 is 5.97 Å². The van der Waals surface area contributed by atoms with Crippen molar-refractivity contribution in [1.82, 2.24) is 0 Å². The molecule has 0 atom stereocenters. The van der Waals surface area contributed by atoms with Crippen LogP contribution < -0.4 is 5.32 Å². The smallest absolute Gasteiger partial charge is 0.339 e. The van der Waals surface area contributed by atoms with Crippen molar-refractivity contribution in [2.75, 3.05) is 17.7 Å². The van der Waals surface area contributed by atoms with Crippen molar-refractivity contribution in [3.8, 4) is 6.07 Å². The summed E-state index contributed by atoms with van der Waals surface area (Å²) in [4.78, 5) is 24.8. The lowest BCUT2D eigenvalue weighted by Crippen LogP contribution is -2.21. The minimum Gasteiger partial charge on any atom is -0.452 e. The summed E-state index contributed by atoms with van der Waals surface area (Å²) < 4.78 is 5.06. The van der Waals surface area contributed by atoms with Gasteiger partial charge in [-0.05, 0) is 29.3 Å². The van der Waals surface area contributed by atoms with E-state index in [1.807, 2.05) is 25.1 Å². The molecule has 1 aromatic heterocycles. The lowest BCUT2D eigenvalue weighted by Gasteiger charge is -2.08. The number of hydrogen-bond acceptors (Lipinski definition) is 6. The summed E-state index contributed by atoms with van der Waals surface area (Å²) in [7, 11) is 0. The number of esters is 1. The molecule has 0 radical (unpaired) electrons. The summed E-state index contributed by atoms with van der Waals surface area (Å²) in [5.74, 6) is -0.179. The quantitative estimate of drug-likeness (QED) is 0.639. The standard InChI is InChI=1S/C16H14N2O3S2/c1-2-22-13-6-4-3-5-12(13)16(20)21-10-14(19)18-15-11(9-17)7-8-23-15/h3-8H,2,10H2,1H3,(H,18,19). The minimum atomic E-state index is -0.539. The zero-order valence-corrected chi connectivity index (χ0v) is 14.0. The van der Waals surface area contributed by atoms with Gasteiger partial charge < -0.3 is 10.1 Å². The number of thiophene rings is 1. The molecule has 0 spiro atoms. The van der Waals surface area contributed by atoms with Gasteiger partial charge in [-0.25, -0.2) is 4.79 Å². The van der Waals surface area contributed by atoms with E-state index in [0.29, 0.717) is 16.1 Å². The number of thioether (sulfide) groups is 1. The number of ether oxygens (including phenoxy) is 1. The minimum absolute atomic E-state index is 0.388. The van der Waals surface area contributed by atoms with E-state index < -0.39 is 18.5 Å². The molecular weight excluding hydrogens is 332 g/mol. The number of amides is 1. The Morgan fingerprint density at radius 1 is 1.35 bits per heavy atom. The Hall–Kier alpha value is -2.30. The summed E-state index contributed by atoms with van der Waals surface area (Å²) in [5, 5.41) is 13.6. The first-order valence-electron chi connectivity index (χ1n) is 6.82. The van der Waals surface area contributed by atoms with Crippen molar-refractivity contribution in [3.63, 3.8) is 0 Å². The number of rotatable bonds is 6. The number of nitrogens with zero attached hydrogens (tertiary/aromatic N) is 1. The van der Waals surface area contributed by atoms with E-state index in [-0.39, 0.29) is 0 Å². The van der Waals surface area contributed by atoms with E-state index in [0.717, 1.165) is 10.6 Å². The van der Waals surface area contributed by atoms with E-state index in [1.165, 1.54) is 23.1 Å². The summed E-state index contributed by atoms with van der Waals surface area (Å²) in [6.07, 6.45) is 0. The Kier molecular flexibility index (Phi) is 6.20. The van der Waals surface area contributed by atoms with Crippen LogP contribution in [0, 0.1) is 11.3 Å². The predicted molar refractivity (Wildman–Crippen MR) is 90.8 cm³/mol. The molecule has 1 N–H and O–H groups in total. The van der Waals surface area contributed by atoms with Crippen molar-refractivity contribution in [1.29, 1.82) is 5.26 Å². The van der Waals surface area contributed by atoms with E-state index in [1.54, 1.807) is 23.6 Å². The highest BCUT2D eigenvalue weighted by molar-refractivity contribution is 7.99. The van der Waals surface area contributed by atoms with Crippen LogP contribution in [0.2, 0.25) is 0 Å². The SMILES string of the molecule is CCSc1ccccc1C(=O)OCC(=O)Nc1sccc1C#N. The van der Waals surface area contributed by atoms with Crippen LogP contribution in [0.1, 0.15) is 22.8 Å². The fourth-order valence-corrected chi connectivity index (χ4v) is 3.33. The van der Waals surface area contributed by atoms with Gasteiger partial charge in [0.25, 0.3) is 5.91 Å². The van der Waals surface area contributed by atoms with Gasteiger partial charge in [0.05, 0.1) is 11.1 Å². The first-order chi connectivity index (χ1) is 11.2. The van der Waals surface area contributed by atoms with Crippen LogP contribution >= 0.6 is 23.1 Å². The Bertz CT molecular complexity index is 750. The topological polar surface area (TPSA) is 79.2 Å². The monoisotopic (exact) mass is 346 g/mol. The molecule has 0 fully saturated rings. The molecule has 0 aliphatic heterocycles. The molecule has 23 heavy (non-hydrogen) atoms. The lowest BCUT2D eigenvalue weighted by atomic mass is 10.2. The van der Waals surface area contributed by atoms with Crippen LogP contribution in [0.4, 0.5) is 5.00 Å². The molecule has 2 rings (SSSR count). The number of carbonyl (C=O) groups is 2. The average molecular weight is 346 g/mol. The van der Waals surface area contributed by atoms with E-state index in [9.17, 15) is 9.59 Å². The summed E-state index contributed by atoms with van der Waals surface area (Å²) in [5.41, 5.74) is 0.834. The molecule has 0 unspecified atom stereocenters. The third kappa shape index (κ3) is 4.58. The fraction of sp³-hybridized carbons (Fsp3) is 0.188. The summed E-state index contributed by atoms with van der Waals surface area (Å²) in [6.45, 7) is 1.60. The van der Waals surface area contributed by atoms with Crippen LogP contribution in [-0.4, -0.2) is 24.2 Å². The lowest BCUT2D eigenvalue weighted by molar-refractivity contribution is -0.119. The molecule has 0 aliphatic carbocycles. The summed E-state index contributed by atoms with van der Waals surface area (Å²) >= 11 is 2.78. The van der Waals surface area contributed by atoms with Crippen molar-refractivity contribution < 1.29 is 14.3 Å². The van der Waals surface area contributed by atoms with Gasteiger partial charge in [-0.2, -0.15) is 5.26 Å². The molecule has 1 heterocycles. The van der Waals surface area contributed by atoms with Crippen molar-refractivity contribution in [2.45, 2.75) is 11.8 Å². The van der Waals surface area contributed by atoms with E-state index in [4.69, 9.17) is 10.00 Å². The Balaban J connectivity index is 1.94. The number of carbonyl (C=O) groups excluding carboxylic acids is 2. The van der Waals surface area contributed by atoms with Gasteiger partial charge in [0.2, 0.25) is 0 Å². The molecule has 7 heteroatoms. The van der Waals surface area contributed by atoms with Gasteiger partial charge in [0.1, 0.15) is 11.1 Å². The number of nitriles is 1.